The molecule has 23 heavy (non-hydrogen) atoms. The Balaban J connectivity index is 1.74. The number of rotatable bonds is 2. The number of esters is 1. The van der Waals surface area contributed by atoms with E-state index in [1.54, 1.807) is 55.6 Å². The fourth-order valence-corrected chi connectivity index (χ4v) is 2.84. The largest absolute Gasteiger partial charge is 0.497 e. The van der Waals surface area contributed by atoms with Crippen LogP contribution in [0.25, 0.3) is 5.57 Å². The third-order valence-corrected chi connectivity index (χ3v) is 4.03. The minimum Gasteiger partial charge on any atom is -0.497 e. The van der Waals surface area contributed by atoms with Gasteiger partial charge in [0.1, 0.15) is 12.0 Å². The Hall–Kier alpha value is -3.08. The highest BCUT2D eigenvalue weighted by atomic mass is 16.7. The smallest absolute Gasteiger partial charge is 0.347 e. The molecule has 0 saturated heterocycles. The topological polar surface area (TPSA) is 61.8 Å². The number of ketones is 1. The molecular weight excluding hydrogens is 296 g/mol. The molecule has 0 aliphatic carbocycles. The highest BCUT2D eigenvalue weighted by Gasteiger charge is 2.57. The van der Waals surface area contributed by atoms with Gasteiger partial charge in [0.25, 0.3) is 5.78 Å². The van der Waals surface area contributed by atoms with Crippen molar-refractivity contribution in [2.75, 3.05) is 7.11 Å². The zero-order chi connectivity index (χ0) is 16.0. The van der Waals surface area contributed by atoms with E-state index in [4.69, 9.17) is 14.2 Å². The quantitative estimate of drug-likeness (QED) is 0.798. The normalized spacial score (nSPS) is 21.7. The second kappa shape index (κ2) is 4.71. The van der Waals surface area contributed by atoms with Crippen LogP contribution in [0.3, 0.4) is 0 Å². The van der Waals surface area contributed by atoms with Gasteiger partial charge in [0, 0.05) is 0 Å². The minimum atomic E-state index is -1.69. The molecule has 1 spiro atoms. The van der Waals surface area contributed by atoms with Gasteiger partial charge in [-0.25, -0.2) is 4.79 Å². The second-order valence-corrected chi connectivity index (χ2v) is 5.26. The molecule has 4 rings (SSSR count). The van der Waals surface area contributed by atoms with Crippen molar-refractivity contribution in [2.24, 2.45) is 0 Å². The van der Waals surface area contributed by atoms with Crippen molar-refractivity contribution in [2.45, 2.75) is 5.79 Å². The SMILES string of the molecule is COc1ccc(C2=COC3(OC(=O)c4ccccc43)C2=O)cc1. The molecule has 2 aliphatic rings. The summed E-state index contributed by atoms with van der Waals surface area (Å²) in [6.07, 6.45) is 1.35. The van der Waals surface area contributed by atoms with Gasteiger partial charge >= 0.3 is 11.8 Å². The summed E-state index contributed by atoms with van der Waals surface area (Å²) < 4.78 is 16.0. The first-order chi connectivity index (χ1) is 11.2. The molecular formula is C18H12O5. The third-order valence-electron chi connectivity index (χ3n) is 4.03. The molecule has 2 aliphatic heterocycles. The molecule has 0 aromatic heterocycles. The number of benzene rings is 2. The van der Waals surface area contributed by atoms with Gasteiger partial charge in [0.15, 0.2) is 0 Å². The molecule has 0 N–H and O–H groups in total. The number of fused-ring (bicyclic) bond motifs is 2. The van der Waals surface area contributed by atoms with Crippen molar-refractivity contribution in [1.29, 1.82) is 0 Å². The number of hydrogen-bond donors (Lipinski definition) is 0. The second-order valence-electron chi connectivity index (χ2n) is 5.26. The number of ether oxygens (including phenoxy) is 3. The number of methoxy groups -OCH3 is 1. The molecule has 0 saturated carbocycles. The maximum atomic E-state index is 12.9. The Morgan fingerprint density at radius 3 is 2.48 bits per heavy atom. The monoisotopic (exact) mass is 308 g/mol. The summed E-state index contributed by atoms with van der Waals surface area (Å²) in [7, 11) is 1.57. The number of hydrogen-bond acceptors (Lipinski definition) is 5. The van der Waals surface area contributed by atoms with Crippen LogP contribution < -0.4 is 4.74 Å². The van der Waals surface area contributed by atoms with Gasteiger partial charge in [0.2, 0.25) is 0 Å². The van der Waals surface area contributed by atoms with Crippen LogP contribution in [0, 0.1) is 0 Å². The fraction of sp³-hybridized carbons (Fsp3) is 0.111. The fourth-order valence-electron chi connectivity index (χ4n) is 2.84. The Labute approximate surface area is 132 Å². The molecule has 2 aromatic carbocycles. The summed E-state index contributed by atoms with van der Waals surface area (Å²) in [6, 6.07) is 13.8. The Morgan fingerprint density at radius 2 is 1.74 bits per heavy atom. The summed E-state index contributed by atoms with van der Waals surface area (Å²) in [6.45, 7) is 0. The summed E-state index contributed by atoms with van der Waals surface area (Å²) in [4.78, 5) is 24.9. The highest BCUT2D eigenvalue weighted by molar-refractivity contribution is 6.27. The predicted molar refractivity (Wildman–Crippen MR) is 80.6 cm³/mol. The third kappa shape index (κ3) is 1.80. The van der Waals surface area contributed by atoms with Gasteiger partial charge in [0.05, 0.1) is 23.8 Å². The highest BCUT2D eigenvalue weighted by Crippen LogP contribution is 2.45. The van der Waals surface area contributed by atoms with Crippen LogP contribution in [0.2, 0.25) is 0 Å². The molecule has 0 amide bonds. The first-order valence-electron chi connectivity index (χ1n) is 7.06. The van der Waals surface area contributed by atoms with Crippen molar-refractivity contribution in [1.82, 2.24) is 0 Å². The zero-order valence-electron chi connectivity index (χ0n) is 12.2. The van der Waals surface area contributed by atoms with E-state index >= 15 is 0 Å². The van der Waals surface area contributed by atoms with Crippen LogP contribution in [-0.2, 0) is 20.1 Å². The van der Waals surface area contributed by atoms with Gasteiger partial charge in [-0.15, -0.1) is 0 Å². The summed E-state index contributed by atoms with van der Waals surface area (Å²) in [5, 5.41) is 0. The van der Waals surface area contributed by atoms with Crippen LogP contribution >= 0.6 is 0 Å². The Kier molecular flexibility index (Phi) is 2.78. The first kappa shape index (κ1) is 13.6. The van der Waals surface area contributed by atoms with Crippen molar-refractivity contribution < 1.29 is 23.8 Å². The standard InChI is InChI=1S/C18H12O5/c1-21-12-8-6-11(7-9-12)14-10-22-18(16(14)19)15-5-3-2-4-13(15)17(20)23-18/h2-10H,1H3. The Bertz CT molecular complexity index is 850. The van der Waals surface area contributed by atoms with E-state index < -0.39 is 11.8 Å². The lowest BCUT2D eigenvalue weighted by atomic mass is 9.93. The number of carbonyl (C=O) groups excluding carboxylic acids is 2. The van der Waals surface area contributed by atoms with Crippen molar-refractivity contribution in [3.63, 3.8) is 0 Å². The van der Waals surface area contributed by atoms with Crippen LogP contribution in [0.5, 0.6) is 5.75 Å². The van der Waals surface area contributed by atoms with E-state index in [1.165, 1.54) is 6.26 Å². The van der Waals surface area contributed by atoms with E-state index in [0.717, 1.165) is 0 Å². The molecule has 0 fully saturated rings. The minimum absolute atomic E-state index is 0.352. The van der Waals surface area contributed by atoms with Crippen LogP contribution in [0.1, 0.15) is 21.5 Å². The molecule has 2 aromatic rings. The molecule has 114 valence electrons. The van der Waals surface area contributed by atoms with Gasteiger partial charge in [-0.3, -0.25) is 4.79 Å². The predicted octanol–water partition coefficient (Wildman–Crippen LogP) is 2.66. The van der Waals surface area contributed by atoms with Gasteiger partial charge in [-0.1, -0.05) is 24.3 Å². The molecule has 2 heterocycles. The van der Waals surface area contributed by atoms with Crippen molar-refractivity contribution >= 4 is 17.3 Å². The first-order valence-corrected chi connectivity index (χ1v) is 7.06. The van der Waals surface area contributed by atoms with E-state index in [9.17, 15) is 9.59 Å². The molecule has 0 bridgehead atoms. The number of Topliss-reactive ketones (excluding diaryl/α,β-unsaturated/α-hetero) is 1. The van der Waals surface area contributed by atoms with E-state index in [-0.39, 0.29) is 5.78 Å². The molecule has 0 radical (unpaired) electrons. The summed E-state index contributed by atoms with van der Waals surface area (Å²) in [5.74, 6) is -1.95. The maximum absolute atomic E-state index is 12.9. The maximum Gasteiger partial charge on any atom is 0.347 e. The van der Waals surface area contributed by atoms with Crippen LogP contribution in [0.15, 0.2) is 54.8 Å². The molecule has 5 heteroatoms. The van der Waals surface area contributed by atoms with Crippen LogP contribution in [0.4, 0.5) is 0 Å². The summed E-state index contributed by atoms with van der Waals surface area (Å²) >= 11 is 0. The summed E-state index contributed by atoms with van der Waals surface area (Å²) in [5.41, 5.74) is 1.82. The number of carbonyl (C=O) groups is 2. The molecule has 5 nitrogen and oxygen atoms in total. The lowest BCUT2D eigenvalue weighted by molar-refractivity contribution is -0.173. The van der Waals surface area contributed by atoms with Gasteiger partial charge < -0.3 is 14.2 Å². The average molecular weight is 308 g/mol. The van der Waals surface area contributed by atoms with E-state index in [1.807, 2.05) is 0 Å². The van der Waals surface area contributed by atoms with Crippen LogP contribution in [-0.4, -0.2) is 18.9 Å². The van der Waals surface area contributed by atoms with Gasteiger partial charge in [-0.05, 0) is 29.8 Å². The average Bonchev–Trinajstić information content (AvgIpc) is 3.07. The Morgan fingerprint density at radius 1 is 1.00 bits per heavy atom. The lowest BCUT2D eigenvalue weighted by Crippen LogP contribution is -2.34. The molecule has 1 atom stereocenters. The van der Waals surface area contributed by atoms with Gasteiger partial charge in [-0.2, -0.15) is 0 Å². The van der Waals surface area contributed by atoms with Crippen molar-refractivity contribution in [3.8, 4) is 5.75 Å². The van der Waals surface area contributed by atoms with E-state index in [0.29, 0.717) is 28.0 Å². The van der Waals surface area contributed by atoms with Crippen molar-refractivity contribution in [3.05, 3.63) is 71.5 Å². The zero-order valence-corrected chi connectivity index (χ0v) is 12.2. The lowest BCUT2D eigenvalue weighted by Gasteiger charge is -2.20. The molecule has 1 unspecified atom stereocenters. The van der Waals surface area contributed by atoms with E-state index in [2.05, 4.69) is 0 Å².